The predicted octanol–water partition coefficient (Wildman–Crippen LogP) is 3.28. The van der Waals surface area contributed by atoms with E-state index < -0.39 is 17.5 Å². The van der Waals surface area contributed by atoms with Crippen LogP contribution in [0.15, 0.2) is 48.5 Å². The van der Waals surface area contributed by atoms with E-state index in [9.17, 15) is 14.4 Å². The van der Waals surface area contributed by atoms with Crippen LogP contribution in [0.1, 0.15) is 49.4 Å². The smallest absolute Gasteiger partial charge is 0.357 e. The minimum Gasteiger partial charge on any atom is -0.461 e. The van der Waals surface area contributed by atoms with Crippen LogP contribution in [0.3, 0.4) is 0 Å². The molecular weight excluding hydrogens is 382 g/mol. The van der Waals surface area contributed by atoms with Crippen molar-refractivity contribution < 1.29 is 19.1 Å². The van der Waals surface area contributed by atoms with Gasteiger partial charge in [0.2, 0.25) is 5.78 Å². The maximum Gasteiger partial charge on any atom is 0.357 e. The number of nitrogens with zero attached hydrogens (tertiary/aromatic N) is 1. The van der Waals surface area contributed by atoms with Crippen molar-refractivity contribution in [2.75, 3.05) is 12.3 Å². The van der Waals surface area contributed by atoms with Crippen molar-refractivity contribution in [3.63, 3.8) is 0 Å². The maximum atomic E-state index is 13.2. The monoisotopic (exact) mass is 397 g/mol. The Labute approximate surface area is 165 Å². The number of anilines is 1. The number of ketones is 2. The van der Waals surface area contributed by atoms with Gasteiger partial charge in [0.1, 0.15) is 5.69 Å². The number of aromatic nitrogens is 2. The summed E-state index contributed by atoms with van der Waals surface area (Å²) in [6.07, 6.45) is 0. The number of esters is 1. The van der Waals surface area contributed by atoms with E-state index >= 15 is 0 Å². The van der Waals surface area contributed by atoms with Gasteiger partial charge in [0.25, 0.3) is 0 Å². The lowest BCUT2D eigenvalue weighted by atomic mass is 9.96. The molecule has 3 N–H and O–H groups in total. The number of nitrogens with one attached hydrogen (secondary N) is 1. The molecule has 28 heavy (non-hydrogen) atoms. The van der Waals surface area contributed by atoms with Crippen molar-refractivity contribution in [3.05, 3.63) is 81.6 Å². The molecule has 0 amide bonds. The molecular formula is C20H16ClN3O4. The third kappa shape index (κ3) is 3.65. The van der Waals surface area contributed by atoms with Crippen molar-refractivity contribution in [1.29, 1.82) is 0 Å². The van der Waals surface area contributed by atoms with Gasteiger partial charge in [0.15, 0.2) is 11.5 Å². The van der Waals surface area contributed by atoms with E-state index in [2.05, 4.69) is 10.2 Å². The molecule has 0 aliphatic rings. The van der Waals surface area contributed by atoms with Gasteiger partial charge in [-0.3, -0.25) is 14.7 Å². The van der Waals surface area contributed by atoms with Crippen molar-refractivity contribution in [2.24, 2.45) is 0 Å². The Bertz CT molecular complexity index is 1060. The van der Waals surface area contributed by atoms with E-state index in [4.69, 9.17) is 22.1 Å². The molecule has 0 saturated heterocycles. The van der Waals surface area contributed by atoms with Gasteiger partial charge >= 0.3 is 5.97 Å². The van der Waals surface area contributed by atoms with Crippen molar-refractivity contribution >= 4 is 34.8 Å². The van der Waals surface area contributed by atoms with Crippen LogP contribution in [0.5, 0.6) is 0 Å². The zero-order valence-electron chi connectivity index (χ0n) is 14.9. The first kappa shape index (κ1) is 19.3. The van der Waals surface area contributed by atoms with Crippen molar-refractivity contribution in [1.82, 2.24) is 10.2 Å². The SMILES string of the molecule is CCOC(=O)c1[nH]nc(C(=O)c2ccccc2)c1C(=O)c1ccc(Cl)cc1N. The summed E-state index contributed by atoms with van der Waals surface area (Å²) >= 11 is 5.89. The molecule has 0 saturated carbocycles. The highest BCUT2D eigenvalue weighted by Gasteiger charge is 2.31. The van der Waals surface area contributed by atoms with Crippen LogP contribution in [0, 0.1) is 0 Å². The number of halogens is 1. The Morgan fingerprint density at radius 3 is 2.46 bits per heavy atom. The Balaban J connectivity index is 2.16. The molecule has 1 heterocycles. The minimum absolute atomic E-state index is 0.0938. The van der Waals surface area contributed by atoms with Gasteiger partial charge in [-0.1, -0.05) is 41.9 Å². The topological polar surface area (TPSA) is 115 Å². The molecule has 8 heteroatoms. The molecule has 0 aliphatic carbocycles. The maximum absolute atomic E-state index is 13.2. The molecule has 7 nitrogen and oxygen atoms in total. The van der Waals surface area contributed by atoms with Gasteiger partial charge in [-0.2, -0.15) is 5.10 Å². The Morgan fingerprint density at radius 2 is 1.82 bits per heavy atom. The number of nitrogen functional groups attached to an aromatic ring is 1. The molecule has 3 rings (SSSR count). The van der Waals surface area contributed by atoms with Crippen LogP contribution in [-0.2, 0) is 4.74 Å². The number of aromatic amines is 1. The van der Waals surface area contributed by atoms with Crippen LogP contribution in [-0.4, -0.2) is 34.3 Å². The molecule has 0 spiro atoms. The van der Waals surface area contributed by atoms with Crippen molar-refractivity contribution in [2.45, 2.75) is 6.92 Å². The number of rotatable bonds is 6. The zero-order valence-corrected chi connectivity index (χ0v) is 15.6. The summed E-state index contributed by atoms with van der Waals surface area (Å²) in [6, 6.07) is 12.6. The fourth-order valence-electron chi connectivity index (χ4n) is 2.68. The third-order valence-electron chi connectivity index (χ3n) is 3.98. The second-order valence-corrected chi connectivity index (χ2v) is 6.23. The summed E-state index contributed by atoms with van der Waals surface area (Å²) in [5, 5.41) is 6.74. The second kappa shape index (κ2) is 8.06. The summed E-state index contributed by atoms with van der Waals surface area (Å²) < 4.78 is 4.98. The number of hydrogen-bond donors (Lipinski definition) is 2. The van der Waals surface area contributed by atoms with E-state index in [1.165, 1.54) is 18.2 Å². The number of H-pyrrole nitrogens is 1. The largest absolute Gasteiger partial charge is 0.461 e. The molecule has 142 valence electrons. The summed E-state index contributed by atoms with van der Waals surface area (Å²) in [4.78, 5) is 38.4. The van der Waals surface area contributed by atoms with Gasteiger partial charge < -0.3 is 10.5 Å². The fourth-order valence-corrected chi connectivity index (χ4v) is 2.86. The van der Waals surface area contributed by atoms with Gasteiger partial charge in [-0.05, 0) is 25.1 Å². The normalized spacial score (nSPS) is 10.5. The van der Waals surface area contributed by atoms with Crippen molar-refractivity contribution in [3.8, 4) is 0 Å². The van der Waals surface area contributed by atoms with Crippen LogP contribution in [0.25, 0.3) is 0 Å². The number of nitrogens with two attached hydrogens (primary N) is 1. The third-order valence-corrected chi connectivity index (χ3v) is 4.22. The quantitative estimate of drug-likeness (QED) is 0.374. The highest BCUT2D eigenvalue weighted by molar-refractivity contribution is 6.31. The van der Waals surface area contributed by atoms with Gasteiger partial charge in [-0.15, -0.1) is 0 Å². The number of ether oxygens (including phenoxy) is 1. The summed E-state index contributed by atoms with van der Waals surface area (Å²) in [5.74, 6) is -1.94. The first-order valence-corrected chi connectivity index (χ1v) is 8.76. The van der Waals surface area contributed by atoms with Gasteiger partial charge in [-0.25, -0.2) is 4.79 Å². The van der Waals surface area contributed by atoms with E-state index in [1.807, 2.05) is 0 Å². The number of benzene rings is 2. The Kier molecular flexibility index (Phi) is 5.56. The fraction of sp³-hybridized carbons (Fsp3) is 0.100. The van der Waals surface area contributed by atoms with E-state index in [0.717, 1.165) is 0 Å². The zero-order chi connectivity index (χ0) is 20.3. The van der Waals surface area contributed by atoms with Gasteiger partial charge in [0.05, 0.1) is 12.2 Å². The average Bonchev–Trinajstić information content (AvgIpc) is 3.13. The molecule has 1 aromatic heterocycles. The average molecular weight is 398 g/mol. The molecule has 3 aromatic rings. The van der Waals surface area contributed by atoms with E-state index in [-0.39, 0.29) is 34.8 Å². The highest BCUT2D eigenvalue weighted by Crippen LogP contribution is 2.25. The lowest BCUT2D eigenvalue weighted by Gasteiger charge is -2.08. The number of carbonyl (C=O) groups excluding carboxylic acids is 3. The first-order chi connectivity index (χ1) is 13.4. The van der Waals surface area contributed by atoms with Crippen LogP contribution >= 0.6 is 11.6 Å². The molecule has 0 bridgehead atoms. The van der Waals surface area contributed by atoms with Crippen LogP contribution < -0.4 is 5.73 Å². The summed E-state index contributed by atoms with van der Waals surface area (Å²) in [5.41, 5.74) is 5.86. The lowest BCUT2D eigenvalue weighted by molar-refractivity contribution is 0.0516. The summed E-state index contributed by atoms with van der Waals surface area (Å²) in [6.45, 7) is 1.72. The molecule has 0 radical (unpaired) electrons. The van der Waals surface area contributed by atoms with Gasteiger partial charge in [0, 0.05) is 21.8 Å². The second-order valence-electron chi connectivity index (χ2n) is 5.80. The van der Waals surface area contributed by atoms with Crippen LogP contribution in [0.4, 0.5) is 5.69 Å². The molecule has 0 unspecified atom stereocenters. The predicted molar refractivity (Wildman–Crippen MR) is 104 cm³/mol. The Hall–Kier alpha value is -3.45. The highest BCUT2D eigenvalue weighted by atomic mass is 35.5. The molecule has 0 fully saturated rings. The minimum atomic E-state index is -0.794. The van der Waals surface area contributed by atoms with Crippen LogP contribution in [0.2, 0.25) is 5.02 Å². The number of hydrogen-bond acceptors (Lipinski definition) is 6. The standard InChI is InChI=1S/C20H16ClN3O4/c1-2-28-20(27)17-15(19(26)13-9-8-12(21)10-14(13)22)16(23-24-17)18(25)11-6-4-3-5-7-11/h3-10H,2,22H2,1H3,(H,23,24). The molecule has 2 aromatic carbocycles. The first-order valence-electron chi connectivity index (χ1n) is 8.39. The lowest BCUT2D eigenvalue weighted by Crippen LogP contribution is -2.16. The van der Waals surface area contributed by atoms with E-state index in [0.29, 0.717) is 10.6 Å². The number of carbonyl (C=O) groups is 3. The Morgan fingerprint density at radius 1 is 1.11 bits per heavy atom. The van der Waals surface area contributed by atoms with E-state index in [1.54, 1.807) is 37.3 Å². The molecule has 0 aliphatic heterocycles. The summed E-state index contributed by atoms with van der Waals surface area (Å²) in [7, 11) is 0. The molecule has 0 atom stereocenters.